The topological polar surface area (TPSA) is 62.3 Å². The minimum absolute atomic E-state index is 0.174. The first-order chi connectivity index (χ1) is 14.7. The lowest BCUT2D eigenvalue weighted by atomic mass is 10.2. The van der Waals surface area contributed by atoms with Crippen LogP contribution in [-0.4, -0.2) is 28.8 Å². The van der Waals surface area contributed by atoms with Crippen molar-refractivity contribution in [1.29, 1.82) is 0 Å². The number of hydrogen-bond donors (Lipinski definition) is 0. The van der Waals surface area contributed by atoms with Gasteiger partial charge in [-0.2, -0.15) is 0 Å². The minimum atomic E-state index is 0.174. The molecule has 3 heterocycles. The third-order valence-electron chi connectivity index (χ3n) is 5.13. The van der Waals surface area contributed by atoms with Crippen molar-refractivity contribution in [2.45, 2.75) is 6.54 Å². The van der Waals surface area contributed by atoms with Crippen LogP contribution in [-0.2, 0) is 6.54 Å². The highest BCUT2D eigenvalue weighted by molar-refractivity contribution is 6.29. The molecule has 0 radical (unpaired) electrons. The molecule has 5 aromatic rings. The maximum Gasteiger partial charge on any atom is 0.223 e. The Morgan fingerprint density at radius 2 is 1.73 bits per heavy atom. The highest BCUT2D eigenvalue weighted by Gasteiger charge is 2.21. The van der Waals surface area contributed by atoms with E-state index in [-0.39, 0.29) is 5.28 Å². The van der Waals surface area contributed by atoms with E-state index in [0.29, 0.717) is 18.0 Å². The largest absolute Gasteiger partial charge is 0.497 e. The van der Waals surface area contributed by atoms with Gasteiger partial charge < -0.3 is 18.5 Å². The van der Waals surface area contributed by atoms with Crippen LogP contribution >= 0.6 is 11.6 Å². The van der Waals surface area contributed by atoms with E-state index in [1.54, 1.807) is 20.5 Å². The predicted molar refractivity (Wildman–Crippen MR) is 116 cm³/mol. The first kappa shape index (κ1) is 18.5. The molecular weight excluding hydrogens is 402 g/mol. The Bertz CT molecular complexity index is 1340. The van der Waals surface area contributed by atoms with Crippen LogP contribution in [0.1, 0.15) is 5.56 Å². The number of halogens is 1. The number of furan rings is 1. The van der Waals surface area contributed by atoms with Crippen LogP contribution in [0.15, 0.2) is 65.3 Å². The van der Waals surface area contributed by atoms with Gasteiger partial charge in [0.2, 0.25) is 5.28 Å². The molecule has 150 valence electrons. The number of fused-ring (bicyclic) bond motifs is 3. The van der Waals surface area contributed by atoms with Crippen molar-refractivity contribution >= 4 is 33.5 Å². The van der Waals surface area contributed by atoms with Gasteiger partial charge in [0.05, 0.1) is 31.5 Å². The molecular formula is C23H18ClN3O3. The quantitative estimate of drug-likeness (QED) is 0.349. The fourth-order valence-electron chi connectivity index (χ4n) is 3.72. The van der Waals surface area contributed by atoms with Crippen molar-refractivity contribution in [1.82, 2.24) is 14.5 Å². The van der Waals surface area contributed by atoms with E-state index in [2.05, 4.69) is 14.5 Å². The second kappa shape index (κ2) is 7.39. The fraction of sp³-hybridized carbons (Fsp3) is 0.130. The molecule has 7 heteroatoms. The molecule has 0 saturated carbocycles. The van der Waals surface area contributed by atoms with Crippen LogP contribution in [0.3, 0.4) is 0 Å². The van der Waals surface area contributed by atoms with Gasteiger partial charge in [-0.3, -0.25) is 0 Å². The lowest BCUT2D eigenvalue weighted by molar-refractivity contribution is 0.414. The Labute approximate surface area is 177 Å². The molecule has 5 rings (SSSR count). The SMILES string of the molecule is COc1ccc(Cn2c3cc(OC)ccc3c3nc(Cl)nc(-c4ccco4)c32)cc1. The molecule has 0 saturated heterocycles. The van der Waals surface area contributed by atoms with E-state index in [4.69, 9.17) is 25.5 Å². The Kier molecular flexibility index (Phi) is 4.56. The zero-order chi connectivity index (χ0) is 20.7. The molecule has 0 fully saturated rings. The smallest absolute Gasteiger partial charge is 0.223 e. The lowest BCUT2D eigenvalue weighted by Crippen LogP contribution is -2.02. The number of nitrogens with zero attached hydrogens (tertiary/aromatic N) is 3. The third-order valence-corrected chi connectivity index (χ3v) is 5.30. The van der Waals surface area contributed by atoms with Gasteiger partial charge >= 0.3 is 0 Å². The summed E-state index contributed by atoms with van der Waals surface area (Å²) in [6.07, 6.45) is 1.62. The molecule has 2 aromatic carbocycles. The molecule has 0 N–H and O–H groups in total. The number of ether oxygens (including phenoxy) is 2. The Morgan fingerprint density at radius 1 is 0.967 bits per heavy atom. The number of hydrogen-bond acceptors (Lipinski definition) is 5. The summed E-state index contributed by atoms with van der Waals surface area (Å²) in [4.78, 5) is 9.05. The normalized spacial score (nSPS) is 11.3. The summed E-state index contributed by atoms with van der Waals surface area (Å²) in [5.41, 5.74) is 4.36. The number of rotatable bonds is 5. The second-order valence-electron chi connectivity index (χ2n) is 6.83. The maximum absolute atomic E-state index is 6.29. The molecule has 3 aromatic heterocycles. The molecule has 30 heavy (non-hydrogen) atoms. The lowest BCUT2D eigenvalue weighted by Gasteiger charge is -2.11. The van der Waals surface area contributed by atoms with Gasteiger partial charge in [0.1, 0.15) is 22.7 Å². The van der Waals surface area contributed by atoms with Gasteiger partial charge in [0.15, 0.2) is 5.76 Å². The molecule has 0 atom stereocenters. The molecule has 0 aliphatic carbocycles. The van der Waals surface area contributed by atoms with Crippen LogP contribution in [0.5, 0.6) is 11.5 Å². The average Bonchev–Trinajstić information content (AvgIpc) is 3.41. The Balaban J connectivity index is 1.82. The van der Waals surface area contributed by atoms with Gasteiger partial charge in [-0.15, -0.1) is 0 Å². The van der Waals surface area contributed by atoms with Crippen molar-refractivity contribution in [3.8, 4) is 23.0 Å². The van der Waals surface area contributed by atoms with Crippen LogP contribution in [0.2, 0.25) is 5.28 Å². The van der Waals surface area contributed by atoms with Crippen molar-refractivity contribution in [2.75, 3.05) is 14.2 Å². The van der Waals surface area contributed by atoms with Gasteiger partial charge in [-0.25, -0.2) is 9.97 Å². The van der Waals surface area contributed by atoms with Crippen LogP contribution in [0.4, 0.5) is 0 Å². The van der Waals surface area contributed by atoms with E-state index < -0.39 is 0 Å². The zero-order valence-electron chi connectivity index (χ0n) is 16.4. The zero-order valence-corrected chi connectivity index (χ0v) is 17.2. The second-order valence-corrected chi connectivity index (χ2v) is 7.17. The van der Waals surface area contributed by atoms with E-state index in [0.717, 1.165) is 39.0 Å². The van der Waals surface area contributed by atoms with Crippen molar-refractivity contribution in [2.24, 2.45) is 0 Å². The number of aromatic nitrogens is 3. The van der Waals surface area contributed by atoms with Gasteiger partial charge in [-0.1, -0.05) is 12.1 Å². The van der Waals surface area contributed by atoms with E-state index >= 15 is 0 Å². The molecule has 0 aliphatic heterocycles. The summed E-state index contributed by atoms with van der Waals surface area (Å²) in [5, 5.41) is 1.14. The molecule has 0 aliphatic rings. The van der Waals surface area contributed by atoms with Crippen LogP contribution in [0.25, 0.3) is 33.4 Å². The fourth-order valence-corrected chi connectivity index (χ4v) is 3.89. The van der Waals surface area contributed by atoms with Crippen LogP contribution < -0.4 is 9.47 Å². The first-order valence-corrected chi connectivity index (χ1v) is 9.76. The average molecular weight is 420 g/mol. The van der Waals surface area contributed by atoms with E-state index in [1.807, 2.05) is 54.6 Å². The van der Waals surface area contributed by atoms with Crippen molar-refractivity contribution < 1.29 is 13.9 Å². The highest BCUT2D eigenvalue weighted by Crippen LogP contribution is 2.37. The third kappa shape index (κ3) is 3.06. The maximum atomic E-state index is 6.29. The number of methoxy groups -OCH3 is 2. The highest BCUT2D eigenvalue weighted by atomic mass is 35.5. The van der Waals surface area contributed by atoms with Gasteiger partial charge in [-0.05, 0) is 53.6 Å². The van der Waals surface area contributed by atoms with E-state index in [9.17, 15) is 0 Å². The molecule has 0 amide bonds. The van der Waals surface area contributed by atoms with Gasteiger partial charge in [0.25, 0.3) is 0 Å². The summed E-state index contributed by atoms with van der Waals surface area (Å²) >= 11 is 6.29. The van der Waals surface area contributed by atoms with Crippen molar-refractivity contribution in [3.05, 3.63) is 71.7 Å². The molecule has 6 nitrogen and oxygen atoms in total. The Morgan fingerprint density at radius 3 is 2.43 bits per heavy atom. The van der Waals surface area contributed by atoms with Crippen molar-refractivity contribution in [3.63, 3.8) is 0 Å². The summed E-state index contributed by atoms with van der Waals surface area (Å²) in [6, 6.07) is 17.6. The molecule has 0 unspecified atom stereocenters. The van der Waals surface area contributed by atoms with Gasteiger partial charge in [0, 0.05) is 18.0 Å². The monoisotopic (exact) mass is 419 g/mol. The Hall–Kier alpha value is -3.51. The van der Waals surface area contributed by atoms with Crippen LogP contribution in [0, 0.1) is 0 Å². The standard InChI is InChI=1S/C23H18ClN3O3/c1-28-15-7-5-14(6-8-15)13-27-18-12-16(29-2)9-10-17(18)20-22(27)21(26-23(24)25-20)19-4-3-11-30-19/h3-12H,13H2,1-2H3. The predicted octanol–water partition coefficient (Wildman–Crippen LogP) is 5.56. The summed E-state index contributed by atoms with van der Waals surface area (Å²) in [7, 11) is 3.31. The molecule has 0 bridgehead atoms. The molecule has 0 spiro atoms. The summed E-state index contributed by atoms with van der Waals surface area (Å²) < 4.78 is 18.6. The summed E-state index contributed by atoms with van der Waals surface area (Å²) in [6.45, 7) is 0.607. The van der Waals surface area contributed by atoms with E-state index in [1.165, 1.54) is 0 Å². The number of benzene rings is 2. The minimum Gasteiger partial charge on any atom is -0.497 e. The summed E-state index contributed by atoms with van der Waals surface area (Å²) in [5.74, 6) is 2.21. The first-order valence-electron chi connectivity index (χ1n) is 9.38.